The summed E-state index contributed by atoms with van der Waals surface area (Å²) in [5.74, 6) is -1.17. The van der Waals surface area contributed by atoms with E-state index >= 15 is 0 Å². The minimum absolute atomic E-state index is 0.0595. The molecule has 0 aliphatic heterocycles. The lowest BCUT2D eigenvalue weighted by Crippen LogP contribution is -2.44. The van der Waals surface area contributed by atoms with Crippen molar-refractivity contribution in [3.63, 3.8) is 0 Å². The van der Waals surface area contributed by atoms with Gasteiger partial charge < -0.3 is 9.52 Å². The Balaban J connectivity index is 1.70. The minimum Gasteiger partial charge on any atom is -0.480 e. The van der Waals surface area contributed by atoms with Gasteiger partial charge in [-0.05, 0) is 48.6 Å². The highest BCUT2D eigenvalue weighted by molar-refractivity contribution is 7.89. The molecule has 2 N–H and O–H groups in total. The first-order valence-corrected chi connectivity index (χ1v) is 12.2. The summed E-state index contributed by atoms with van der Waals surface area (Å²) >= 11 is 0. The Labute approximate surface area is 191 Å². The first-order valence-electron chi connectivity index (χ1n) is 10.7. The van der Waals surface area contributed by atoms with E-state index in [1.54, 1.807) is 30.7 Å². The van der Waals surface area contributed by atoms with Crippen LogP contribution in [-0.4, -0.2) is 40.5 Å². The van der Waals surface area contributed by atoms with Crippen LogP contribution in [0.3, 0.4) is 0 Å². The molecule has 0 saturated carbocycles. The van der Waals surface area contributed by atoms with E-state index in [2.05, 4.69) is 28.9 Å². The molecule has 0 amide bonds. The van der Waals surface area contributed by atoms with Crippen molar-refractivity contribution >= 4 is 37.9 Å². The van der Waals surface area contributed by atoms with Crippen molar-refractivity contribution in [1.29, 1.82) is 0 Å². The smallest absolute Gasteiger partial charge is 0.322 e. The Morgan fingerprint density at radius 1 is 1.09 bits per heavy atom. The first kappa shape index (κ1) is 22.9. The van der Waals surface area contributed by atoms with Crippen molar-refractivity contribution in [3.8, 4) is 5.69 Å². The third-order valence-corrected chi connectivity index (χ3v) is 6.81. The van der Waals surface area contributed by atoms with Gasteiger partial charge in [0.15, 0.2) is 0 Å². The van der Waals surface area contributed by atoms with E-state index < -0.39 is 28.0 Å². The van der Waals surface area contributed by atoms with Crippen molar-refractivity contribution in [2.24, 2.45) is 11.8 Å². The Hall–Kier alpha value is -3.24. The topological polar surface area (TPSA) is 127 Å². The van der Waals surface area contributed by atoms with E-state index in [1.165, 1.54) is 12.1 Å². The molecule has 0 aliphatic carbocycles. The normalized spacial score (nSPS) is 13.4. The van der Waals surface area contributed by atoms with Gasteiger partial charge in [-0.1, -0.05) is 32.9 Å². The summed E-state index contributed by atoms with van der Waals surface area (Å²) in [6.45, 7) is 7.53. The standard InChI is InChI=1S/C23H26N4O5S/c1-13(2)9-15-12-27(26-24-15)16-5-8-20-19(10-16)18-7-6-17(11-21(18)32-20)33(30,31)25-22(14(3)4)23(28)29/h5-8,10-14,22,25H,9H2,1-4H3,(H,28,29)/t22-/m0/s1. The van der Waals surface area contributed by atoms with Gasteiger partial charge >= 0.3 is 5.97 Å². The molecule has 0 spiro atoms. The SMILES string of the molecule is CC(C)Cc1cn(-c2ccc3oc4cc(S(=O)(=O)N[C@H](C(=O)O)C(C)C)ccc4c3c2)nn1. The average molecular weight is 471 g/mol. The zero-order chi connectivity index (χ0) is 23.9. The molecular weight excluding hydrogens is 444 g/mol. The molecule has 0 aliphatic rings. The van der Waals surface area contributed by atoms with Crippen LogP contribution < -0.4 is 4.72 Å². The number of nitrogens with zero attached hydrogens (tertiary/aromatic N) is 3. The molecule has 0 unspecified atom stereocenters. The van der Waals surface area contributed by atoms with Gasteiger partial charge in [0.05, 0.1) is 22.5 Å². The van der Waals surface area contributed by atoms with Crippen LogP contribution in [-0.2, 0) is 21.2 Å². The summed E-state index contributed by atoms with van der Waals surface area (Å²) in [5.41, 5.74) is 2.71. The fourth-order valence-electron chi connectivity index (χ4n) is 3.70. The molecule has 4 aromatic rings. The number of benzene rings is 2. The lowest BCUT2D eigenvalue weighted by atomic mass is 10.1. The Kier molecular flexibility index (Phi) is 5.98. The molecule has 174 valence electrons. The van der Waals surface area contributed by atoms with Gasteiger partial charge in [0.2, 0.25) is 10.0 Å². The summed E-state index contributed by atoms with van der Waals surface area (Å²) in [6.07, 6.45) is 2.73. The number of carboxylic acids is 1. The molecule has 10 heteroatoms. The highest BCUT2D eigenvalue weighted by atomic mass is 32.2. The summed E-state index contributed by atoms with van der Waals surface area (Å²) in [5, 5.41) is 19.3. The summed E-state index contributed by atoms with van der Waals surface area (Å²) in [4.78, 5) is 11.4. The molecule has 0 radical (unpaired) electrons. The largest absolute Gasteiger partial charge is 0.480 e. The number of aromatic nitrogens is 3. The maximum absolute atomic E-state index is 12.8. The maximum Gasteiger partial charge on any atom is 0.322 e. The van der Waals surface area contributed by atoms with E-state index in [-0.39, 0.29) is 4.90 Å². The number of carbonyl (C=O) groups is 1. The monoisotopic (exact) mass is 470 g/mol. The van der Waals surface area contributed by atoms with Crippen molar-refractivity contribution in [2.75, 3.05) is 0 Å². The number of furan rings is 1. The molecule has 9 nitrogen and oxygen atoms in total. The zero-order valence-electron chi connectivity index (χ0n) is 18.8. The highest BCUT2D eigenvalue weighted by Crippen LogP contribution is 2.32. The third-order valence-electron chi connectivity index (χ3n) is 5.37. The summed E-state index contributed by atoms with van der Waals surface area (Å²) in [7, 11) is -4.05. The zero-order valence-corrected chi connectivity index (χ0v) is 19.6. The van der Waals surface area contributed by atoms with Gasteiger partial charge in [-0.2, -0.15) is 4.72 Å². The Morgan fingerprint density at radius 2 is 1.85 bits per heavy atom. The van der Waals surface area contributed by atoms with Gasteiger partial charge in [0, 0.05) is 16.8 Å². The molecule has 4 rings (SSSR count). The minimum atomic E-state index is -4.05. The van der Waals surface area contributed by atoms with E-state index in [1.807, 2.05) is 18.3 Å². The number of aliphatic carboxylic acids is 1. The first-order chi connectivity index (χ1) is 15.5. The molecule has 2 heterocycles. The van der Waals surface area contributed by atoms with E-state index in [0.717, 1.165) is 28.6 Å². The average Bonchev–Trinajstić information content (AvgIpc) is 3.34. The molecule has 2 aromatic carbocycles. The van der Waals surface area contributed by atoms with Crippen LogP contribution in [0.15, 0.2) is 51.9 Å². The van der Waals surface area contributed by atoms with E-state index in [9.17, 15) is 18.3 Å². The highest BCUT2D eigenvalue weighted by Gasteiger charge is 2.28. The Morgan fingerprint density at radius 3 is 2.52 bits per heavy atom. The maximum atomic E-state index is 12.8. The molecule has 0 fully saturated rings. The quantitative estimate of drug-likeness (QED) is 0.401. The van der Waals surface area contributed by atoms with Gasteiger partial charge in [0.1, 0.15) is 17.2 Å². The second-order valence-electron chi connectivity index (χ2n) is 8.87. The number of nitrogens with one attached hydrogen (secondary N) is 1. The van der Waals surface area contributed by atoms with Crippen LogP contribution in [0.5, 0.6) is 0 Å². The second-order valence-corrected chi connectivity index (χ2v) is 10.6. The predicted molar refractivity (Wildman–Crippen MR) is 124 cm³/mol. The molecule has 33 heavy (non-hydrogen) atoms. The molecular formula is C23H26N4O5S. The van der Waals surface area contributed by atoms with Gasteiger partial charge in [-0.3, -0.25) is 4.79 Å². The molecule has 0 bridgehead atoms. The van der Waals surface area contributed by atoms with E-state index in [4.69, 9.17) is 4.42 Å². The van der Waals surface area contributed by atoms with Crippen LogP contribution >= 0.6 is 0 Å². The third kappa shape index (κ3) is 4.62. The lowest BCUT2D eigenvalue weighted by Gasteiger charge is -2.17. The van der Waals surface area contributed by atoms with Crippen LogP contribution in [0.25, 0.3) is 27.6 Å². The molecule has 2 aromatic heterocycles. The van der Waals surface area contributed by atoms with Crippen molar-refractivity contribution in [3.05, 3.63) is 48.3 Å². The second kappa shape index (κ2) is 8.60. The number of hydrogen-bond donors (Lipinski definition) is 2. The summed E-state index contributed by atoms with van der Waals surface area (Å²) in [6, 6.07) is 8.87. The van der Waals surface area contributed by atoms with Crippen molar-refractivity contribution in [2.45, 2.75) is 45.1 Å². The number of rotatable bonds is 8. The molecule has 1 atom stereocenters. The number of fused-ring (bicyclic) bond motifs is 3. The number of sulfonamides is 1. The number of hydrogen-bond acceptors (Lipinski definition) is 6. The van der Waals surface area contributed by atoms with Crippen LogP contribution in [0, 0.1) is 11.8 Å². The van der Waals surface area contributed by atoms with Gasteiger partial charge in [0.25, 0.3) is 0 Å². The fraction of sp³-hybridized carbons (Fsp3) is 0.348. The molecule has 0 saturated heterocycles. The fourth-order valence-corrected chi connectivity index (χ4v) is 5.05. The van der Waals surface area contributed by atoms with Crippen LogP contribution in [0.1, 0.15) is 33.4 Å². The predicted octanol–water partition coefficient (Wildman–Crippen LogP) is 3.75. The number of carboxylic acid groups (broad SMARTS) is 1. The van der Waals surface area contributed by atoms with Gasteiger partial charge in [-0.25, -0.2) is 13.1 Å². The van der Waals surface area contributed by atoms with Gasteiger partial charge in [-0.15, -0.1) is 5.10 Å². The summed E-state index contributed by atoms with van der Waals surface area (Å²) < 4.78 is 35.4. The lowest BCUT2D eigenvalue weighted by molar-refractivity contribution is -0.140. The van der Waals surface area contributed by atoms with Crippen molar-refractivity contribution < 1.29 is 22.7 Å². The van der Waals surface area contributed by atoms with Crippen LogP contribution in [0.4, 0.5) is 0 Å². The van der Waals surface area contributed by atoms with Crippen molar-refractivity contribution in [1.82, 2.24) is 19.7 Å². The van der Waals surface area contributed by atoms with E-state index in [0.29, 0.717) is 17.1 Å². The Bertz CT molecular complexity index is 1440. The van der Waals surface area contributed by atoms with Crippen LogP contribution in [0.2, 0.25) is 0 Å².